The zero-order valence-electron chi connectivity index (χ0n) is 26.5. The Morgan fingerprint density at radius 2 is 1.62 bits per heavy atom. The number of imidazole rings is 1. The topological polar surface area (TPSA) is 162 Å². The summed E-state index contributed by atoms with van der Waals surface area (Å²) in [6.07, 6.45) is -1.55. The first-order valence-corrected chi connectivity index (χ1v) is 15.8. The number of nitrogens with zero attached hydrogens (tertiary/aromatic N) is 3. The molecule has 2 aliphatic heterocycles. The summed E-state index contributed by atoms with van der Waals surface area (Å²) in [5.41, 5.74) is 1.27. The van der Waals surface area contributed by atoms with E-state index in [1.54, 1.807) is 18.8 Å². The van der Waals surface area contributed by atoms with Crippen molar-refractivity contribution in [2.75, 3.05) is 32.8 Å². The van der Waals surface area contributed by atoms with Crippen molar-refractivity contribution in [2.24, 2.45) is 0 Å². The predicted octanol–water partition coefficient (Wildman–Crippen LogP) is 3.31. The Morgan fingerprint density at radius 3 is 2.21 bits per heavy atom. The van der Waals surface area contributed by atoms with E-state index in [-0.39, 0.29) is 17.1 Å². The van der Waals surface area contributed by atoms with Gasteiger partial charge in [-0.1, -0.05) is 54.6 Å². The van der Waals surface area contributed by atoms with E-state index in [1.165, 1.54) is 6.33 Å². The van der Waals surface area contributed by atoms with Crippen LogP contribution in [0.2, 0.25) is 0 Å². The normalized spacial score (nSPS) is 22.6. The van der Waals surface area contributed by atoms with Gasteiger partial charge in [0.2, 0.25) is 5.95 Å². The molecular weight excluding hydrogens is 618 g/mol. The van der Waals surface area contributed by atoms with Crippen LogP contribution in [0.1, 0.15) is 35.8 Å². The van der Waals surface area contributed by atoms with Gasteiger partial charge in [-0.2, -0.15) is 4.98 Å². The second-order valence-corrected chi connectivity index (χ2v) is 11.7. The van der Waals surface area contributed by atoms with Gasteiger partial charge in [0.15, 0.2) is 23.7 Å². The number of methoxy groups -OCH3 is 2. The molecule has 2 saturated heterocycles. The molecule has 0 bridgehead atoms. The van der Waals surface area contributed by atoms with Crippen molar-refractivity contribution in [3.63, 3.8) is 0 Å². The highest BCUT2D eigenvalue weighted by Crippen LogP contribution is 2.41. The van der Waals surface area contributed by atoms with Gasteiger partial charge >= 0.3 is 0 Å². The monoisotopic (exact) mass is 655 g/mol. The zero-order chi connectivity index (χ0) is 33.3. The molecule has 0 saturated carbocycles. The number of aromatic nitrogens is 4. The molecule has 5 atom stereocenters. The third kappa shape index (κ3) is 5.69. The van der Waals surface area contributed by atoms with E-state index in [2.05, 4.69) is 15.3 Å². The third-order valence-electron chi connectivity index (χ3n) is 8.95. The van der Waals surface area contributed by atoms with E-state index in [0.717, 1.165) is 23.1 Å². The van der Waals surface area contributed by atoms with Crippen LogP contribution in [0.4, 0.5) is 5.95 Å². The van der Waals surface area contributed by atoms with Gasteiger partial charge in [0.25, 0.3) is 5.56 Å². The van der Waals surface area contributed by atoms with E-state index in [0.29, 0.717) is 24.5 Å². The Bertz CT molecular complexity index is 1840. The Hall–Kier alpha value is -4.79. The van der Waals surface area contributed by atoms with Crippen LogP contribution < -0.4 is 20.3 Å². The minimum atomic E-state index is -1.16. The fraction of sp³-hybridized carbons (Fsp3) is 0.343. The number of fused-ring (bicyclic) bond motifs is 1. The average Bonchev–Trinajstić information content (AvgIpc) is 3.88. The quantitative estimate of drug-likeness (QED) is 0.155. The highest BCUT2D eigenvalue weighted by molar-refractivity contribution is 5.71. The molecule has 0 aliphatic carbocycles. The van der Waals surface area contributed by atoms with Gasteiger partial charge in [-0.3, -0.25) is 14.3 Å². The molecule has 13 heteroatoms. The minimum absolute atomic E-state index is 0.0705. The highest BCUT2D eigenvalue weighted by Gasteiger charge is 2.47. The van der Waals surface area contributed by atoms with Crippen LogP contribution in [0.5, 0.6) is 11.5 Å². The summed E-state index contributed by atoms with van der Waals surface area (Å²) in [6, 6.07) is 25.2. The van der Waals surface area contributed by atoms with Crippen LogP contribution in [0, 0.1) is 0 Å². The first-order chi connectivity index (χ1) is 23.4. The molecule has 0 amide bonds. The maximum absolute atomic E-state index is 13.6. The molecule has 2 aliphatic rings. The van der Waals surface area contributed by atoms with Crippen molar-refractivity contribution < 1.29 is 33.9 Å². The number of nitrogens with one attached hydrogen (secondary N) is 2. The lowest BCUT2D eigenvalue weighted by atomic mass is 9.77. The molecule has 5 aromatic rings. The fourth-order valence-corrected chi connectivity index (χ4v) is 6.51. The number of benzene rings is 3. The van der Waals surface area contributed by atoms with Gasteiger partial charge in [0.05, 0.1) is 27.2 Å². The fourth-order valence-electron chi connectivity index (χ4n) is 6.51. The molecule has 2 fully saturated rings. The highest BCUT2D eigenvalue weighted by atomic mass is 16.7. The molecule has 13 nitrogen and oxygen atoms in total. The van der Waals surface area contributed by atoms with Crippen molar-refractivity contribution in [2.45, 2.75) is 49.2 Å². The minimum Gasteiger partial charge on any atom is -0.497 e. The summed E-state index contributed by atoms with van der Waals surface area (Å²) in [6.45, 7) is 0.119. The molecule has 4 N–H and O–H groups in total. The van der Waals surface area contributed by atoms with Gasteiger partial charge in [-0.15, -0.1) is 0 Å². The van der Waals surface area contributed by atoms with Gasteiger partial charge < -0.3 is 39.2 Å². The number of aliphatic hydroxyl groups is 2. The van der Waals surface area contributed by atoms with Crippen molar-refractivity contribution in [3.8, 4) is 11.5 Å². The number of hydrogen-bond acceptors (Lipinski definition) is 11. The second kappa shape index (κ2) is 13.4. The largest absolute Gasteiger partial charge is 0.497 e. The van der Waals surface area contributed by atoms with E-state index in [9.17, 15) is 15.0 Å². The number of H-pyrrole nitrogens is 1. The summed E-state index contributed by atoms with van der Waals surface area (Å²) in [7, 11) is 3.22. The molecule has 0 radical (unpaired) electrons. The maximum Gasteiger partial charge on any atom is 0.280 e. The van der Waals surface area contributed by atoms with E-state index >= 15 is 0 Å². The first kappa shape index (κ1) is 31.8. The smallest absolute Gasteiger partial charge is 0.280 e. The number of anilines is 1. The molecule has 48 heavy (non-hydrogen) atoms. The molecule has 2 aromatic heterocycles. The number of ether oxygens (including phenoxy) is 5. The maximum atomic E-state index is 13.6. The Kier molecular flexibility index (Phi) is 8.86. The summed E-state index contributed by atoms with van der Waals surface area (Å²) in [4.78, 5) is 25.7. The third-order valence-corrected chi connectivity index (χ3v) is 8.95. The van der Waals surface area contributed by atoms with Crippen molar-refractivity contribution in [1.82, 2.24) is 19.5 Å². The predicted molar refractivity (Wildman–Crippen MR) is 175 cm³/mol. The number of aliphatic hydroxyl groups excluding tert-OH is 2. The lowest BCUT2D eigenvalue weighted by molar-refractivity contribution is -0.181. The van der Waals surface area contributed by atoms with Crippen LogP contribution in [0.25, 0.3) is 11.2 Å². The molecule has 250 valence electrons. The number of hydrogen-bond donors (Lipinski definition) is 4. The molecule has 1 unspecified atom stereocenters. The molecule has 4 heterocycles. The van der Waals surface area contributed by atoms with Crippen molar-refractivity contribution in [1.29, 1.82) is 0 Å². The van der Waals surface area contributed by atoms with E-state index in [1.807, 2.05) is 78.9 Å². The first-order valence-electron chi connectivity index (χ1n) is 15.8. The zero-order valence-corrected chi connectivity index (χ0v) is 26.5. The molecule has 3 aromatic carbocycles. The van der Waals surface area contributed by atoms with Gasteiger partial charge in [0.1, 0.15) is 35.3 Å². The molecule has 7 rings (SSSR count). The van der Waals surface area contributed by atoms with Crippen LogP contribution in [-0.4, -0.2) is 81.8 Å². The van der Waals surface area contributed by atoms with Crippen LogP contribution in [0.3, 0.4) is 0 Å². The second-order valence-electron chi connectivity index (χ2n) is 11.7. The number of rotatable bonds is 11. The Labute approximate surface area is 276 Å². The Morgan fingerprint density at radius 1 is 0.979 bits per heavy atom. The average molecular weight is 656 g/mol. The van der Waals surface area contributed by atoms with Crippen molar-refractivity contribution >= 4 is 17.1 Å². The standard InChI is InChI=1S/C35H37N5O8/c1-44-24-14-10-22(11-15-24)35(21-7-4-3-5-8-21,23-12-16-25(45-2)17-13-23)39-34-37-31-28(32(43)38-34)36-20-40(31)33-30(29(42)26(19-41)47-33)48-27-9-6-18-46-27/h3-5,7-8,10-17,20,26-27,29-30,33,41-42H,6,9,18-19H2,1-2H3,(H2,37,38,39,43)/t26-,27?,29-,30-,33-/m1/s1. The van der Waals surface area contributed by atoms with Gasteiger partial charge in [0, 0.05) is 13.0 Å². The van der Waals surface area contributed by atoms with E-state index in [4.69, 9.17) is 28.7 Å². The lowest BCUT2D eigenvalue weighted by Crippen LogP contribution is -2.39. The van der Waals surface area contributed by atoms with Crippen LogP contribution in [-0.2, 0) is 19.7 Å². The number of aromatic amines is 1. The molecular formula is C35H37N5O8. The Balaban J connectivity index is 1.37. The van der Waals surface area contributed by atoms with Crippen LogP contribution >= 0.6 is 0 Å². The molecule has 0 spiro atoms. The van der Waals surface area contributed by atoms with E-state index < -0.39 is 48.5 Å². The summed E-state index contributed by atoms with van der Waals surface area (Å²) >= 11 is 0. The van der Waals surface area contributed by atoms with Crippen LogP contribution in [0.15, 0.2) is 90.0 Å². The SMILES string of the molecule is COc1ccc(C(Nc2nc3c(ncn3[C@@H]3O[C@H](CO)[C@@H](O)[C@H]3OC3CCCO3)c(=O)[nH]2)(c2ccccc2)c2ccc(OC)cc2)cc1. The summed E-state index contributed by atoms with van der Waals surface area (Å²) < 4.78 is 30.4. The van der Waals surface area contributed by atoms with Gasteiger partial charge in [-0.05, 0) is 47.4 Å². The summed E-state index contributed by atoms with van der Waals surface area (Å²) in [5, 5.41) is 24.6. The van der Waals surface area contributed by atoms with Gasteiger partial charge in [-0.25, -0.2) is 4.98 Å². The van der Waals surface area contributed by atoms with Crippen molar-refractivity contribution in [3.05, 3.63) is 112 Å². The summed E-state index contributed by atoms with van der Waals surface area (Å²) in [5.74, 6) is 1.53. The lowest BCUT2D eigenvalue weighted by Gasteiger charge is -2.37.